The number of benzene rings is 1. The average Bonchev–Trinajstić information content (AvgIpc) is 2.28. The molecule has 0 amide bonds. The summed E-state index contributed by atoms with van der Waals surface area (Å²) in [7, 11) is 0. The van der Waals surface area contributed by atoms with Crippen molar-refractivity contribution in [3.8, 4) is 5.75 Å². The van der Waals surface area contributed by atoms with Crippen LogP contribution in [0.15, 0.2) is 24.3 Å². The van der Waals surface area contributed by atoms with E-state index in [0.29, 0.717) is 19.4 Å². The first-order valence-electron chi connectivity index (χ1n) is 6.64. The number of aliphatic hydroxyl groups is 1. The zero-order chi connectivity index (χ0) is 13.2. The van der Waals surface area contributed by atoms with E-state index in [9.17, 15) is 5.11 Å². The van der Waals surface area contributed by atoms with E-state index in [1.54, 1.807) is 0 Å². The van der Waals surface area contributed by atoms with E-state index in [0.717, 1.165) is 11.3 Å². The van der Waals surface area contributed by atoms with E-state index >= 15 is 0 Å². The van der Waals surface area contributed by atoms with Gasteiger partial charge in [0.2, 0.25) is 0 Å². The van der Waals surface area contributed by atoms with Crippen molar-refractivity contribution in [2.24, 2.45) is 0 Å². The fraction of sp³-hybridized carbons (Fsp3) is 0.600. The van der Waals surface area contributed by atoms with Gasteiger partial charge in [-0.2, -0.15) is 0 Å². The maximum Gasteiger partial charge on any atom is 0.119 e. The quantitative estimate of drug-likeness (QED) is 0.896. The van der Waals surface area contributed by atoms with Crippen molar-refractivity contribution >= 4 is 0 Å². The van der Waals surface area contributed by atoms with Gasteiger partial charge >= 0.3 is 0 Å². The molecule has 18 heavy (non-hydrogen) atoms. The third kappa shape index (κ3) is 2.85. The maximum atomic E-state index is 10.8. The first-order chi connectivity index (χ1) is 8.53. The zero-order valence-electron chi connectivity index (χ0n) is 11.3. The Morgan fingerprint density at radius 2 is 1.78 bits per heavy atom. The van der Waals surface area contributed by atoms with E-state index in [1.165, 1.54) is 0 Å². The second-order valence-corrected chi connectivity index (χ2v) is 5.15. The predicted molar refractivity (Wildman–Crippen MR) is 70.8 cm³/mol. The first-order valence-corrected chi connectivity index (χ1v) is 6.64. The van der Waals surface area contributed by atoms with Crippen molar-refractivity contribution < 1.29 is 14.6 Å². The monoisotopic (exact) mass is 250 g/mol. The van der Waals surface area contributed by atoms with Gasteiger partial charge in [0.1, 0.15) is 5.75 Å². The van der Waals surface area contributed by atoms with Crippen LogP contribution >= 0.6 is 0 Å². The highest BCUT2D eigenvalue weighted by atomic mass is 16.5. The van der Waals surface area contributed by atoms with Crippen LogP contribution in [0.5, 0.6) is 5.75 Å². The smallest absolute Gasteiger partial charge is 0.119 e. The van der Waals surface area contributed by atoms with Crippen molar-refractivity contribution in [3.63, 3.8) is 0 Å². The van der Waals surface area contributed by atoms with Crippen LogP contribution in [0.4, 0.5) is 0 Å². The van der Waals surface area contributed by atoms with Crippen molar-refractivity contribution in [3.05, 3.63) is 29.8 Å². The minimum absolute atomic E-state index is 0.0883. The summed E-state index contributed by atoms with van der Waals surface area (Å²) in [6.45, 7) is 6.64. The average molecular weight is 250 g/mol. The second-order valence-electron chi connectivity index (χ2n) is 5.15. The van der Waals surface area contributed by atoms with E-state index in [1.807, 2.05) is 45.0 Å². The fourth-order valence-electron chi connectivity index (χ4n) is 2.79. The predicted octanol–water partition coefficient (Wildman–Crippen LogP) is 2.86. The van der Waals surface area contributed by atoms with Gasteiger partial charge in [0.25, 0.3) is 0 Å². The molecule has 1 aromatic rings. The van der Waals surface area contributed by atoms with Crippen LogP contribution in [-0.4, -0.2) is 23.9 Å². The minimum atomic E-state index is -0.776. The van der Waals surface area contributed by atoms with Crippen molar-refractivity contribution in [1.82, 2.24) is 0 Å². The maximum absolute atomic E-state index is 10.8. The van der Waals surface area contributed by atoms with Crippen LogP contribution in [0, 0.1) is 0 Å². The molecule has 2 rings (SSSR count). The highest BCUT2D eigenvalue weighted by Crippen LogP contribution is 2.37. The Labute approximate surface area is 109 Å². The van der Waals surface area contributed by atoms with Gasteiger partial charge in [0, 0.05) is 12.8 Å². The van der Waals surface area contributed by atoms with Gasteiger partial charge in [-0.15, -0.1) is 0 Å². The number of hydrogen-bond acceptors (Lipinski definition) is 3. The van der Waals surface area contributed by atoms with Gasteiger partial charge in [0.05, 0.1) is 24.4 Å². The lowest BCUT2D eigenvalue weighted by atomic mass is 9.82. The topological polar surface area (TPSA) is 38.7 Å². The first kappa shape index (κ1) is 13.4. The molecule has 1 aromatic carbocycles. The molecule has 0 radical (unpaired) electrons. The summed E-state index contributed by atoms with van der Waals surface area (Å²) >= 11 is 0. The van der Waals surface area contributed by atoms with Crippen LogP contribution in [0.1, 0.15) is 39.2 Å². The van der Waals surface area contributed by atoms with E-state index in [-0.39, 0.29) is 12.2 Å². The molecule has 3 heteroatoms. The van der Waals surface area contributed by atoms with Crippen molar-refractivity contribution in [1.29, 1.82) is 0 Å². The molecular weight excluding hydrogens is 228 g/mol. The standard InChI is InChI=1S/C15H22O3/c1-4-17-14-7-5-13(6-8-14)15(16)9-11(2)18-12(3)10-15/h5-8,11-12,16H,4,9-10H2,1-3H3. The molecule has 1 saturated heterocycles. The van der Waals surface area contributed by atoms with Gasteiger partial charge in [-0.1, -0.05) is 12.1 Å². The lowest BCUT2D eigenvalue weighted by molar-refractivity contribution is -0.135. The fourth-order valence-corrected chi connectivity index (χ4v) is 2.79. The highest BCUT2D eigenvalue weighted by Gasteiger charge is 2.38. The third-order valence-corrected chi connectivity index (χ3v) is 3.42. The molecule has 1 aliphatic rings. The molecule has 0 spiro atoms. The van der Waals surface area contributed by atoms with Crippen LogP contribution in [0.2, 0.25) is 0 Å². The van der Waals surface area contributed by atoms with Gasteiger partial charge in [-0.05, 0) is 38.5 Å². The largest absolute Gasteiger partial charge is 0.494 e. The Morgan fingerprint density at radius 1 is 1.22 bits per heavy atom. The van der Waals surface area contributed by atoms with Gasteiger partial charge < -0.3 is 14.6 Å². The summed E-state index contributed by atoms with van der Waals surface area (Å²) in [5.74, 6) is 0.845. The Balaban J connectivity index is 2.18. The zero-order valence-corrected chi connectivity index (χ0v) is 11.3. The van der Waals surface area contributed by atoms with Crippen LogP contribution in [0.25, 0.3) is 0 Å². The molecule has 3 nitrogen and oxygen atoms in total. The molecular formula is C15H22O3. The summed E-state index contributed by atoms with van der Waals surface area (Å²) in [5.41, 5.74) is 0.176. The molecule has 100 valence electrons. The summed E-state index contributed by atoms with van der Waals surface area (Å²) in [6, 6.07) is 7.74. The number of rotatable bonds is 3. The molecule has 1 aliphatic heterocycles. The van der Waals surface area contributed by atoms with E-state index in [2.05, 4.69) is 0 Å². The third-order valence-electron chi connectivity index (χ3n) is 3.42. The van der Waals surface area contributed by atoms with Gasteiger partial charge in [-0.3, -0.25) is 0 Å². The molecule has 0 saturated carbocycles. The Bertz CT molecular complexity index is 375. The molecule has 2 unspecified atom stereocenters. The molecule has 0 aromatic heterocycles. The van der Waals surface area contributed by atoms with Crippen molar-refractivity contribution in [2.45, 2.75) is 51.4 Å². The van der Waals surface area contributed by atoms with Crippen LogP contribution in [-0.2, 0) is 10.3 Å². The number of ether oxygens (including phenoxy) is 2. The lowest BCUT2D eigenvalue weighted by Crippen LogP contribution is -2.41. The minimum Gasteiger partial charge on any atom is -0.494 e. The molecule has 1 N–H and O–H groups in total. The molecule has 1 fully saturated rings. The second kappa shape index (κ2) is 5.29. The lowest BCUT2D eigenvalue weighted by Gasteiger charge is -2.39. The number of hydrogen-bond donors (Lipinski definition) is 1. The molecule has 1 heterocycles. The highest BCUT2D eigenvalue weighted by molar-refractivity contribution is 5.31. The van der Waals surface area contributed by atoms with Crippen LogP contribution < -0.4 is 4.74 Å². The molecule has 0 aliphatic carbocycles. The summed E-state index contributed by atoms with van der Waals surface area (Å²) in [6.07, 6.45) is 1.46. The molecule has 0 bridgehead atoms. The molecule has 2 atom stereocenters. The SMILES string of the molecule is CCOc1ccc(C2(O)CC(C)OC(C)C2)cc1. The Kier molecular flexibility index (Phi) is 3.93. The summed E-state index contributed by atoms with van der Waals surface area (Å²) in [4.78, 5) is 0. The Morgan fingerprint density at radius 3 is 2.28 bits per heavy atom. The summed E-state index contributed by atoms with van der Waals surface area (Å²) < 4.78 is 11.1. The van der Waals surface area contributed by atoms with Gasteiger partial charge in [0.15, 0.2) is 0 Å². The normalized spacial score (nSPS) is 32.2. The van der Waals surface area contributed by atoms with E-state index in [4.69, 9.17) is 9.47 Å². The Hall–Kier alpha value is -1.06. The summed E-state index contributed by atoms with van der Waals surface area (Å²) in [5, 5.41) is 10.8. The van der Waals surface area contributed by atoms with Gasteiger partial charge in [-0.25, -0.2) is 0 Å². The van der Waals surface area contributed by atoms with E-state index < -0.39 is 5.60 Å². The van der Waals surface area contributed by atoms with Crippen molar-refractivity contribution in [2.75, 3.05) is 6.61 Å². The van der Waals surface area contributed by atoms with Crippen LogP contribution in [0.3, 0.4) is 0 Å².